The molecule has 3 atom stereocenters. The number of likely N-dealkylation sites (tertiary alicyclic amines) is 1. The molecule has 2 fully saturated rings. The Morgan fingerprint density at radius 3 is 2.72 bits per heavy atom. The molecule has 2 bridgehead atoms. The van der Waals surface area contributed by atoms with Gasteiger partial charge in [-0.3, -0.25) is 9.59 Å². The number of thiophene rings is 1. The number of hydrogen-bond acceptors (Lipinski definition) is 5. The summed E-state index contributed by atoms with van der Waals surface area (Å²) in [5.74, 6) is 1.49. The van der Waals surface area contributed by atoms with Crippen LogP contribution in [0.2, 0.25) is 0 Å². The molecule has 1 saturated heterocycles. The number of amides is 2. The highest BCUT2D eigenvalue weighted by Gasteiger charge is 2.44. The number of nitrogens with one attached hydrogen (secondary N) is 1. The summed E-state index contributed by atoms with van der Waals surface area (Å²) < 4.78 is 5.20. The van der Waals surface area contributed by atoms with Crippen LogP contribution in [0.3, 0.4) is 0 Å². The van der Waals surface area contributed by atoms with Crippen molar-refractivity contribution in [2.24, 2.45) is 11.8 Å². The molecule has 29 heavy (non-hydrogen) atoms. The zero-order valence-corrected chi connectivity index (χ0v) is 17.6. The maximum Gasteiger partial charge on any atom is 0.261 e. The molecule has 2 aromatic rings. The lowest BCUT2D eigenvalue weighted by Crippen LogP contribution is -2.54. The van der Waals surface area contributed by atoms with Crippen molar-refractivity contribution in [1.82, 2.24) is 15.4 Å². The van der Waals surface area contributed by atoms with Gasteiger partial charge in [0.05, 0.1) is 17.0 Å². The van der Waals surface area contributed by atoms with Crippen molar-refractivity contribution in [2.75, 3.05) is 13.1 Å². The minimum absolute atomic E-state index is 0.0927. The number of nitrogens with zero attached hydrogens (tertiary/aromatic N) is 2. The number of aryl methyl sites for hydroxylation is 2. The highest BCUT2D eigenvalue weighted by Crippen LogP contribution is 2.38. The van der Waals surface area contributed by atoms with E-state index in [1.54, 1.807) is 11.3 Å². The molecular weight excluding hydrogens is 386 g/mol. The molecule has 3 aliphatic rings. The third-order valence-corrected chi connectivity index (χ3v) is 7.87. The van der Waals surface area contributed by atoms with E-state index in [4.69, 9.17) is 4.52 Å². The van der Waals surface area contributed by atoms with Crippen LogP contribution in [0.5, 0.6) is 0 Å². The van der Waals surface area contributed by atoms with Gasteiger partial charge in [-0.05, 0) is 73.8 Å². The van der Waals surface area contributed by atoms with Crippen LogP contribution in [-0.4, -0.2) is 41.0 Å². The van der Waals surface area contributed by atoms with Gasteiger partial charge in [-0.25, -0.2) is 0 Å². The highest BCUT2D eigenvalue weighted by atomic mass is 32.1. The largest absolute Gasteiger partial charge is 0.361 e. The predicted molar refractivity (Wildman–Crippen MR) is 110 cm³/mol. The number of piperidine rings is 1. The standard InChI is InChI=1S/C22H27N3O3S/c1-13-8-17(28-24-13)9-19(26)25-10-14-6-7-15(11-25)20(14)23-22(27)21-18-5-3-2-4-16(18)12-29-21/h8,12,14-15,20H,2-7,9-11H2,1H3,(H,23,27)/t14-,15+,20?. The minimum atomic E-state index is 0.0927. The van der Waals surface area contributed by atoms with Crippen LogP contribution in [0.15, 0.2) is 16.0 Å². The lowest BCUT2D eigenvalue weighted by atomic mass is 9.91. The first-order valence-electron chi connectivity index (χ1n) is 10.7. The number of aromatic nitrogens is 1. The van der Waals surface area contributed by atoms with E-state index in [1.807, 2.05) is 17.9 Å². The molecule has 1 saturated carbocycles. The summed E-state index contributed by atoms with van der Waals surface area (Å²) in [4.78, 5) is 28.6. The normalized spacial score (nSPS) is 25.7. The quantitative estimate of drug-likeness (QED) is 0.836. The topological polar surface area (TPSA) is 75.4 Å². The second-order valence-electron chi connectivity index (χ2n) is 8.78. The van der Waals surface area contributed by atoms with Gasteiger partial charge in [0.2, 0.25) is 5.91 Å². The van der Waals surface area contributed by atoms with Gasteiger partial charge in [0.25, 0.3) is 5.91 Å². The van der Waals surface area contributed by atoms with Gasteiger partial charge in [0.1, 0.15) is 5.76 Å². The van der Waals surface area contributed by atoms with E-state index in [-0.39, 0.29) is 24.3 Å². The summed E-state index contributed by atoms with van der Waals surface area (Å²) in [6.07, 6.45) is 6.96. The smallest absolute Gasteiger partial charge is 0.261 e. The van der Waals surface area contributed by atoms with Gasteiger partial charge in [0, 0.05) is 25.2 Å². The zero-order valence-electron chi connectivity index (χ0n) is 16.8. The van der Waals surface area contributed by atoms with Gasteiger partial charge in [-0.2, -0.15) is 0 Å². The van der Waals surface area contributed by atoms with E-state index in [0.717, 1.165) is 49.3 Å². The van der Waals surface area contributed by atoms with Crippen molar-refractivity contribution in [3.8, 4) is 0 Å². The van der Waals surface area contributed by atoms with Crippen molar-refractivity contribution < 1.29 is 14.1 Å². The fraction of sp³-hybridized carbons (Fsp3) is 0.591. The molecule has 3 heterocycles. The second kappa shape index (κ2) is 7.59. The monoisotopic (exact) mass is 413 g/mol. The van der Waals surface area contributed by atoms with Crippen molar-refractivity contribution in [2.45, 2.75) is 57.9 Å². The van der Waals surface area contributed by atoms with Gasteiger partial charge < -0.3 is 14.7 Å². The molecule has 1 aliphatic heterocycles. The SMILES string of the molecule is Cc1cc(CC(=O)N2C[C@H]3CC[C@@H](C2)C3NC(=O)c2scc3c2CCCC3)on1. The zero-order chi connectivity index (χ0) is 20.0. The summed E-state index contributed by atoms with van der Waals surface area (Å²) in [7, 11) is 0. The van der Waals surface area contributed by atoms with Crippen LogP contribution in [0.4, 0.5) is 0 Å². The molecule has 7 heteroatoms. The molecule has 5 rings (SSSR count). The third-order valence-electron chi connectivity index (χ3n) is 6.80. The summed E-state index contributed by atoms with van der Waals surface area (Å²) in [5, 5.41) is 9.39. The van der Waals surface area contributed by atoms with E-state index in [0.29, 0.717) is 17.6 Å². The Hall–Kier alpha value is -2.15. The fourth-order valence-corrected chi connectivity index (χ4v) is 6.41. The fourth-order valence-electron chi connectivity index (χ4n) is 5.35. The number of hydrogen-bond donors (Lipinski definition) is 1. The first-order chi connectivity index (χ1) is 14.1. The minimum Gasteiger partial charge on any atom is -0.361 e. The van der Waals surface area contributed by atoms with Crippen molar-refractivity contribution in [1.29, 1.82) is 0 Å². The number of carbonyl (C=O) groups excluding carboxylic acids is 2. The maximum absolute atomic E-state index is 13.0. The molecular formula is C22H27N3O3S. The Labute approximate surface area is 174 Å². The van der Waals surface area contributed by atoms with Crippen LogP contribution in [0.1, 0.15) is 57.9 Å². The average molecular weight is 414 g/mol. The number of fused-ring (bicyclic) bond motifs is 3. The first kappa shape index (κ1) is 18.9. The Morgan fingerprint density at radius 1 is 1.24 bits per heavy atom. The molecule has 0 spiro atoms. The molecule has 154 valence electrons. The predicted octanol–water partition coefficient (Wildman–Crippen LogP) is 3.13. The van der Waals surface area contributed by atoms with Crippen molar-refractivity contribution in [3.05, 3.63) is 38.9 Å². The van der Waals surface area contributed by atoms with Crippen LogP contribution >= 0.6 is 11.3 Å². The van der Waals surface area contributed by atoms with Crippen molar-refractivity contribution >= 4 is 23.2 Å². The van der Waals surface area contributed by atoms with E-state index >= 15 is 0 Å². The van der Waals surface area contributed by atoms with Gasteiger partial charge in [-0.15, -0.1) is 11.3 Å². The molecule has 0 radical (unpaired) electrons. The lowest BCUT2D eigenvalue weighted by molar-refractivity contribution is -0.133. The van der Waals surface area contributed by atoms with E-state index in [2.05, 4.69) is 15.9 Å². The van der Waals surface area contributed by atoms with Crippen LogP contribution in [0.25, 0.3) is 0 Å². The van der Waals surface area contributed by atoms with Gasteiger partial charge >= 0.3 is 0 Å². The van der Waals surface area contributed by atoms with Gasteiger partial charge in [0.15, 0.2) is 0 Å². The van der Waals surface area contributed by atoms with Crippen LogP contribution in [0, 0.1) is 18.8 Å². The average Bonchev–Trinajstić information content (AvgIpc) is 3.37. The molecule has 2 amide bonds. The molecule has 1 N–H and O–H groups in total. The third kappa shape index (κ3) is 3.61. The Kier molecular flexibility index (Phi) is 4.94. The summed E-state index contributed by atoms with van der Waals surface area (Å²) in [5.41, 5.74) is 3.45. The van der Waals surface area contributed by atoms with Crippen LogP contribution in [-0.2, 0) is 24.1 Å². The van der Waals surface area contributed by atoms with E-state index in [9.17, 15) is 9.59 Å². The Morgan fingerprint density at radius 2 is 2.00 bits per heavy atom. The lowest BCUT2D eigenvalue weighted by Gasteiger charge is -2.38. The first-order valence-corrected chi connectivity index (χ1v) is 11.6. The maximum atomic E-state index is 13.0. The molecule has 1 unspecified atom stereocenters. The molecule has 2 aromatic heterocycles. The van der Waals surface area contributed by atoms with Gasteiger partial charge in [-0.1, -0.05) is 5.16 Å². The highest BCUT2D eigenvalue weighted by molar-refractivity contribution is 7.12. The van der Waals surface area contributed by atoms with E-state index in [1.165, 1.54) is 24.0 Å². The second-order valence-corrected chi connectivity index (χ2v) is 9.66. The molecule has 2 aliphatic carbocycles. The van der Waals surface area contributed by atoms with E-state index < -0.39 is 0 Å². The Balaban J connectivity index is 1.23. The summed E-state index contributed by atoms with van der Waals surface area (Å²) in [6.45, 7) is 3.29. The summed E-state index contributed by atoms with van der Waals surface area (Å²) in [6, 6.07) is 2.00. The van der Waals surface area contributed by atoms with Crippen molar-refractivity contribution in [3.63, 3.8) is 0 Å². The van der Waals surface area contributed by atoms with Crippen LogP contribution < -0.4 is 5.32 Å². The molecule has 0 aromatic carbocycles. The molecule has 6 nitrogen and oxygen atoms in total. The Bertz CT molecular complexity index is 920. The number of rotatable bonds is 4. The summed E-state index contributed by atoms with van der Waals surface area (Å²) >= 11 is 1.60. The number of carbonyl (C=O) groups is 2.